The third kappa shape index (κ3) is 2.53. The van der Waals surface area contributed by atoms with Crippen molar-refractivity contribution in [2.45, 2.75) is 19.4 Å². The van der Waals surface area contributed by atoms with E-state index in [1.807, 2.05) is 30.3 Å². The smallest absolute Gasteiger partial charge is 0.237 e. The van der Waals surface area contributed by atoms with E-state index < -0.39 is 0 Å². The van der Waals surface area contributed by atoms with Crippen molar-refractivity contribution < 1.29 is 4.79 Å². The van der Waals surface area contributed by atoms with Gasteiger partial charge in [-0.2, -0.15) is 0 Å². The lowest BCUT2D eigenvalue weighted by Gasteiger charge is -2.13. The fraction of sp³-hybridized carbons (Fsp3) is 0.231. The Balaban J connectivity index is 2.28. The molecule has 1 atom stereocenters. The number of primary amides is 1. The fourth-order valence-corrected chi connectivity index (χ4v) is 1.89. The molecule has 2 aromatic rings. The van der Waals surface area contributed by atoms with Gasteiger partial charge in [0.2, 0.25) is 5.91 Å². The molecular formula is C13H15N3O. The SMILES string of the molecule is CC(c1ccccc1)c1nccn1CC(N)=O. The summed E-state index contributed by atoms with van der Waals surface area (Å²) in [6.07, 6.45) is 3.47. The maximum atomic E-state index is 11.0. The van der Waals surface area contributed by atoms with Crippen LogP contribution in [0.15, 0.2) is 42.7 Å². The summed E-state index contributed by atoms with van der Waals surface area (Å²) >= 11 is 0. The highest BCUT2D eigenvalue weighted by molar-refractivity contribution is 5.73. The van der Waals surface area contributed by atoms with E-state index >= 15 is 0 Å². The number of imidazole rings is 1. The van der Waals surface area contributed by atoms with Gasteiger partial charge in [-0.3, -0.25) is 4.79 Å². The number of rotatable bonds is 4. The molecule has 17 heavy (non-hydrogen) atoms. The third-order valence-corrected chi connectivity index (χ3v) is 2.76. The molecule has 2 N–H and O–H groups in total. The molecule has 0 saturated heterocycles. The zero-order valence-corrected chi connectivity index (χ0v) is 9.71. The predicted molar refractivity (Wildman–Crippen MR) is 65.4 cm³/mol. The van der Waals surface area contributed by atoms with Crippen LogP contribution in [0, 0.1) is 0 Å². The first kappa shape index (κ1) is 11.4. The number of nitrogens with zero attached hydrogens (tertiary/aromatic N) is 2. The van der Waals surface area contributed by atoms with E-state index in [9.17, 15) is 4.79 Å². The van der Waals surface area contributed by atoms with E-state index in [2.05, 4.69) is 11.9 Å². The van der Waals surface area contributed by atoms with Gasteiger partial charge in [0.05, 0.1) is 0 Å². The number of amides is 1. The van der Waals surface area contributed by atoms with Crippen LogP contribution in [0.3, 0.4) is 0 Å². The van der Waals surface area contributed by atoms with Crippen LogP contribution in [0.4, 0.5) is 0 Å². The zero-order valence-electron chi connectivity index (χ0n) is 9.71. The standard InChI is InChI=1S/C13H15N3O/c1-10(11-5-3-2-4-6-11)13-15-7-8-16(13)9-12(14)17/h2-8,10H,9H2,1H3,(H2,14,17). The van der Waals surface area contributed by atoms with Gasteiger partial charge in [0, 0.05) is 18.3 Å². The number of aromatic nitrogens is 2. The quantitative estimate of drug-likeness (QED) is 0.864. The summed E-state index contributed by atoms with van der Waals surface area (Å²) in [4.78, 5) is 15.3. The lowest BCUT2D eigenvalue weighted by molar-refractivity contribution is -0.118. The Labute approximate surface area is 100 Å². The second-order valence-electron chi connectivity index (χ2n) is 4.01. The van der Waals surface area contributed by atoms with Crippen LogP contribution in [-0.2, 0) is 11.3 Å². The van der Waals surface area contributed by atoms with Gasteiger partial charge in [-0.15, -0.1) is 0 Å². The number of hydrogen-bond donors (Lipinski definition) is 1. The molecule has 88 valence electrons. The molecule has 0 aliphatic rings. The number of hydrogen-bond acceptors (Lipinski definition) is 2. The number of nitrogens with two attached hydrogens (primary N) is 1. The van der Waals surface area contributed by atoms with Gasteiger partial charge in [0.15, 0.2) is 0 Å². The maximum Gasteiger partial charge on any atom is 0.237 e. The highest BCUT2D eigenvalue weighted by Crippen LogP contribution is 2.22. The molecule has 0 radical (unpaired) electrons. The van der Waals surface area contributed by atoms with Gasteiger partial charge in [0.1, 0.15) is 12.4 Å². The molecule has 4 nitrogen and oxygen atoms in total. The molecule has 0 fully saturated rings. The van der Waals surface area contributed by atoms with Crippen molar-refractivity contribution in [1.29, 1.82) is 0 Å². The van der Waals surface area contributed by atoms with Crippen molar-refractivity contribution in [3.8, 4) is 0 Å². The Bertz CT molecular complexity index is 504. The predicted octanol–water partition coefficient (Wildman–Crippen LogP) is 1.52. The van der Waals surface area contributed by atoms with Crippen LogP contribution in [0.1, 0.15) is 24.2 Å². The van der Waals surface area contributed by atoms with Crippen LogP contribution >= 0.6 is 0 Å². The Morgan fingerprint density at radius 2 is 2.12 bits per heavy atom. The van der Waals surface area contributed by atoms with Crippen molar-refractivity contribution in [3.05, 3.63) is 54.1 Å². The highest BCUT2D eigenvalue weighted by Gasteiger charge is 2.14. The van der Waals surface area contributed by atoms with Crippen LogP contribution in [0.5, 0.6) is 0 Å². The molecule has 0 aliphatic heterocycles. The Kier molecular flexibility index (Phi) is 3.23. The van der Waals surface area contributed by atoms with Crippen LogP contribution in [0.25, 0.3) is 0 Å². The van der Waals surface area contributed by atoms with E-state index in [4.69, 9.17) is 5.73 Å². The largest absolute Gasteiger partial charge is 0.368 e. The van der Waals surface area contributed by atoms with E-state index in [1.54, 1.807) is 17.0 Å². The van der Waals surface area contributed by atoms with Crippen molar-refractivity contribution in [3.63, 3.8) is 0 Å². The van der Waals surface area contributed by atoms with Crippen LogP contribution in [-0.4, -0.2) is 15.5 Å². The van der Waals surface area contributed by atoms with E-state index in [0.29, 0.717) is 0 Å². The minimum Gasteiger partial charge on any atom is -0.368 e. The van der Waals surface area contributed by atoms with Gasteiger partial charge in [-0.1, -0.05) is 37.3 Å². The second kappa shape index (κ2) is 4.82. The molecule has 1 heterocycles. The summed E-state index contributed by atoms with van der Waals surface area (Å²) < 4.78 is 1.79. The zero-order chi connectivity index (χ0) is 12.3. The molecule has 0 aliphatic carbocycles. The lowest BCUT2D eigenvalue weighted by Crippen LogP contribution is -2.20. The van der Waals surface area contributed by atoms with Gasteiger partial charge in [0.25, 0.3) is 0 Å². The number of benzene rings is 1. The molecule has 1 aromatic heterocycles. The number of carbonyl (C=O) groups excluding carboxylic acids is 1. The molecule has 1 amide bonds. The number of carbonyl (C=O) groups is 1. The van der Waals surface area contributed by atoms with Crippen molar-refractivity contribution in [2.24, 2.45) is 5.73 Å². The first-order chi connectivity index (χ1) is 8.18. The molecule has 0 spiro atoms. The monoisotopic (exact) mass is 229 g/mol. The Hall–Kier alpha value is -2.10. The van der Waals surface area contributed by atoms with Crippen molar-refractivity contribution >= 4 is 5.91 Å². The summed E-state index contributed by atoms with van der Waals surface area (Å²) in [5, 5.41) is 0. The third-order valence-electron chi connectivity index (χ3n) is 2.76. The molecule has 0 saturated carbocycles. The topological polar surface area (TPSA) is 60.9 Å². The fourth-order valence-electron chi connectivity index (χ4n) is 1.89. The Morgan fingerprint density at radius 1 is 1.41 bits per heavy atom. The molecule has 1 unspecified atom stereocenters. The maximum absolute atomic E-state index is 11.0. The summed E-state index contributed by atoms with van der Waals surface area (Å²) in [5.74, 6) is 0.644. The summed E-state index contributed by atoms with van der Waals surface area (Å²) in [5.41, 5.74) is 6.37. The first-order valence-corrected chi connectivity index (χ1v) is 5.52. The van der Waals surface area contributed by atoms with Gasteiger partial charge >= 0.3 is 0 Å². The molecular weight excluding hydrogens is 214 g/mol. The Morgan fingerprint density at radius 3 is 2.76 bits per heavy atom. The van der Waals surface area contributed by atoms with Gasteiger partial charge < -0.3 is 10.3 Å². The van der Waals surface area contributed by atoms with Crippen molar-refractivity contribution in [1.82, 2.24) is 9.55 Å². The van der Waals surface area contributed by atoms with E-state index in [0.717, 1.165) is 5.82 Å². The summed E-state index contributed by atoms with van der Waals surface area (Å²) in [6.45, 7) is 2.24. The van der Waals surface area contributed by atoms with Crippen LogP contribution in [0.2, 0.25) is 0 Å². The molecule has 1 aromatic carbocycles. The molecule has 2 rings (SSSR count). The average Bonchev–Trinajstić information content (AvgIpc) is 2.76. The normalized spacial score (nSPS) is 12.3. The van der Waals surface area contributed by atoms with Crippen molar-refractivity contribution in [2.75, 3.05) is 0 Å². The van der Waals surface area contributed by atoms with E-state index in [-0.39, 0.29) is 18.4 Å². The van der Waals surface area contributed by atoms with Crippen LogP contribution < -0.4 is 5.73 Å². The average molecular weight is 229 g/mol. The van der Waals surface area contributed by atoms with Gasteiger partial charge in [-0.05, 0) is 5.56 Å². The molecule has 4 heteroatoms. The minimum absolute atomic E-state index is 0.144. The lowest BCUT2D eigenvalue weighted by atomic mass is 10.0. The van der Waals surface area contributed by atoms with Gasteiger partial charge in [-0.25, -0.2) is 4.98 Å². The molecule has 0 bridgehead atoms. The first-order valence-electron chi connectivity index (χ1n) is 5.52. The summed E-state index contributed by atoms with van der Waals surface area (Å²) in [6, 6.07) is 10.1. The summed E-state index contributed by atoms with van der Waals surface area (Å²) in [7, 11) is 0. The van der Waals surface area contributed by atoms with E-state index in [1.165, 1.54) is 5.56 Å². The highest BCUT2D eigenvalue weighted by atomic mass is 16.1. The minimum atomic E-state index is -0.357. The second-order valence-corrected chi connectivity index (χ2v) is 4.01.